The lowest BCUT2D eigenvalue weighted by atomic mass is 9.92. The predicted octanol–water partition coefficient (Wildman–Crippen LogP) is 0.781. The van der Waals surface area contributed by atoms with Crippen LogP contribution in [0.4, 0.5) is 0 Å². The average molecular weight is 228 g/mol. The Hall–Kier alpha value is -0.610. The maximum absolute atomic E-state index is 11.7. The number of nitrogens with one attached hydrogen (secondary N) is 1. The number of carbonyl (C=O) groups is 1. The second-order valence-corrected chi connectivity index (χ2v) is 4.80. The Morgan fingerprint density at radius 1 is 1.56 bits per heavy atom. The van der Waals surface area contributed by atoms with Crippen molar-refractivity contribution in [3.05, 3.63) is 0 Å². The molecule has 94 valence electrons. The molecule has 1 rings (SSSR count). The summed E-state index contributed by atoms with van der Waals surface area (Å²) in [6, 6.07) is 0.159. The quantitative estimate of drug-likeness (QED) is 0.651. The Morgan fingerprint density at radius 2 is 2.31 bits per heavy atom. The Bertz CT molecular complexity index is 217. The Kier molecular flexibility index (Phi) is 5.77. The van der Waals surface area contributed by atoms with Gasteiger partial charge in [-0.05, 0) is 38.1 Å². The first-order valence-electron chi connectivity index (χ1n) is 6.33. The lowest BCUT2D eigenvalue weighted by Crippen LogP contribution is -2.40. The van der Waals surface area contributed by atoms with Gasteiger partial charge in [0.15, 0.2) is 0 Å². The number of amides is 1. The van der Waals surface area contributed by atoms with Crippen molar-refractivity contribution in [2.45, 2.75) is 57.6 Å². The highest BCUT2D eigenvalue weighted by Crippen LogP contribution is 2.18. The zero-order valence-electron chi connectivity index (χ0n) is 10.1. The molecule has 0 aromatic carbocycles. The molecule has 3 unspecified atom stereocenters. The number of aliphatic hydroxyl groups is 1. The van der Waals surface area contributed by atoms with Crippen LogP contribution in [0.2, 0.25) is 0 Å². The standard InChI is InChI=1S/C12H24N2O2/c1-2-9(8-13)6-12(16)14-10-4-3-5-11(15)7-10/h9-11,15H,2-8,13H2,1H3,(H,14,16). The third kappa shape index (κ3) is 4.49. The smallest absolute Gasteiger partial charge is 0.220 e. The zero-order valence-corrected chi connectivity index (χ0v) is 10.1. The van der Waals surface area contributed by atoms with Crippen LogP contribution >= 0.6 is 0 Å². The van der Waals surface area contributed by atoms with Crippen LogP contribution in [0.15, 0.2) is 0 Å². The summed E-state index contributed by atoms with van der Waals surface area (Å²) >= 11 is 0. The van der Waals surface area contributed by atoms with E-state index >= 15 is 0 Å². The average Bonchev–Trinajstić information content (AvgIpc) is 2.26. The predicted molar refractivity (Wildman–Crippen MR) is 63.9 cm³/mol. The minimum Gasteiger partial charge on any atom is -0.393 e. The highest BCUT2D eigenvalue weighted by atomic mass is 16.3. The fourth-order valence-electron chi connectivity index (χ4n) is 2.24. The van der Waals surface area contributed by atoms with Gasteiger partial charge in [0.2, 0.25) is 5.91 Å². The maximum atomic E-state index is 11.7. The summed E-state index contributed by atoms with van der Waals surface area (Å²) in [5.74, 6) is 0.366. The van der Waals surface area contributed by atoms with Crippen molar-refractivity contribution < 1.29 is 9.90 Å². The van der Waals surface area contributed by atoms with E-state index in [2.05, 4.69) is 12.2 Å². The summed E-state index contributed by atoms with van der Waals surface area (Å²) in [6.07, 6.45) is 4.77. The van der Waals surface area contributed by atoms with Gasteiger partial charge in [0, 0.05) is 12.5 Å². The molecule has 0 aromatic heterocycles. The van der Waals surface area contributed by atoms with Crippen molar-refractivity contribution in [3.63, 3.8) is 0 Å². The van der Waals surface area contributed by atoms with E-state index in [1.54, 1.807) is 0 Å². The maximum Gasteiger partial charge on any atom is 0.220 e. The molecule has 4 heteroatoms. The van der Waals surface area contributed by atoms with E-state index in [-0.39, 0.29) is 24.0 Å². The van der Waals surface area contributed by atoms with Gasteiger partial charge in [-0.15, -0.1) is 0 Å². The molecule has 1 fully saturated rings. The molecule has 0 bridgehead atoms. The molecule has 0 aromatic rings. The molecule has 1 amide bonds. The Balaban J connectivity index is 2.27. The summed E-state index contributed by atoms with van der Waals surface area (Å²) in [4.78, 5) is 11.7. The van der Waals surface area contributed by atoms with Gasteiger partial charge in [0.05, 0.1) is 6.10 Å². The first-order valence-corrected chi connectivity index (χ1v) is 6.33. The van der Waals surface area contributed by atoms with Crippen LogP contribution in [0, 0.1) is 5.92 Å². The fraction of sp³-hybridized carbons (Fsp3) is 0.917. The van der Waals surface area contributed by atoms with Crippen LogP contribution in [0.5, 0.6) is 0 Å². The van der Waals surface area contributed by atoms with E-state index < -0.39 is 0 Å². The minimum absolute atomic E-state index is 0.0800. The van der Waals surface area contributed by atoms with Gasteiger partial charge in [-0.1, -0.05) is 13.3 Å². The van der Waals surface area contributed by atoms with Crippen LogP contribution in [0.25, 0.3) is 0 Å². The number of hydrogen-bond donors (Lipinski definition) is 3. The van der Waals surface area contributed by atoms with Gasteiger partial charge in [-0.2, -0.15) is 0 Å². The van der Waals surface area contributed by atoms with Gasteiger partial charge in [0.1, 0.15) is 0 Å². The van der Waals surface area contributed by atoms with Crippen molar-refractivity contribution in [2.75, 3.05) is 6.54 Å². The summed E-state index contributed by atoms with van der Waals surface area (Å²) in [6.45, 7) is 2.62. The zero-order chi connectivity index (χ0) is 12.0. The number of nitrogens with two attached hydrogens (primary N) is 1. The normalized spacial score (nSPS) is 27.4. The third-order valence-corrected chi connectivity index (χ3v) is 3.40. The molecular formula is C12H24N2O2. The van der Waals surface area contributed by atoms with Gasteiger partial charge in [-0.25, -0.2) is 0 Å². The topological polar surface area (TPSA) is 75.4 Å². The van der Waals surface area contributed by atoms with Gasteiger partial charge >= 0.3 is 0 Å². The number of hydrogen-bond acceptors (Lipinski definition) is 3. The van der Waals surface area contributed by atoms with Gasteiger partial charge in [0.25, 0.3) is 0 Å². The molecule has 16 heavy (non-hydrogen) atoms. The lowest BCUT2D eigenvalue weighted by Gasteiger charge is -2.27. The summed E-state index contributed by atoms with van der Waals surface area (Å²) < 4.78 is 0. The number of carbonyl (C=O) groups excluding carboxylic acids is 1. The summed E-state index contributed by atoms with van der Waals surface area (Å²) in [7, 11) is 0. The van der Waals surface area contributed by atoms with Crippen molar-refractivity contribution in [1.82, 2.24) is 5.32 Å². The first-order chi connectivity index (χ1) is 7.65. The molecular weight excluding hydrogens is 204 g/mol. The molecule has 3 atom stereocenters. The number of rotatable bonds is 5. The molecule has 4 nitrogen and oxygen atoms in total. The number of aliphatic hydroxyl groups excluding tert-OH is 1. The van der Waals surface area contributed by atoms with Crippen LogP contribution < -0.4 is 11.1 Å². The van der Waals surface area contributed by atoms with E-state index in [9.17, 15) is 9.90 Å². The largest absolute Gasteiger partial charge is 0.393 e. The SMILES string of the molecule is CCC(CN)CC(=O)NC1CCCC(O)C1. The van der Waals surface area contributed by atoms with Crippen LogP contribution in [0.1, 0.15) is 45.4 Å². The fourth-order valence-corrected chi connectivity index (χ4v) is 2.24. The molecule has 0 heterocycles. The van der Waals surface area contributed by atoms with E-state index in [4.69, 9.17) is 5.73 Å². The second-order valence-electron chi connectivity index (χ2n) is 4.80. The summed E-state index contributed by atoms with van der Waals surface area (Å²) in [5.41, 5.74) is 5.57. The van der Waals surface area contributed by atoms with Gasteiger partial charge < -0.3 is 16.2 Å². The van der Waals surface area contributed by atoms with Crippen molar-refractivity contribution in [1.29, 1.82) is 0 Å². The Morgan fingerprint density at radius 3 is 2.88 bits per heavy atom. The highest BCUT2D eigenvalue weighted by molar-refractivity contribution is 5.76. The van der Waals surface area contributed by atoms with Crippen molar-refractivity contribution in [2.24, 2.45) is 11.7 Å². The van der Waals surface area contributed by atoms with Crippen LogP contribution in [-0.4, -0.2) is 29.7 Å². The molecule has 1 aliphatic rings. The molecule has 0 saturated heterocycles. The van der Waals surface area contributed by atoms with Crippen molar-refractivity contribution in [3.8, 4) is 0 Å². The molecule has 1 aliphatic carbocycles. The minimum atomic E-state index is -0.240. The van der Waals surface area contributed by atoms with Crippen LogP contribution in [-0.2, 0) is 4.79 Å². The highest BCUT2D eigenvalue weighted by Gasteiger charge is 2.22. The van der Waals surface area contributed by atoms with Crippen LogP contribution in [0.3, 0.4) is 0 Å². The molecule has 0 aliphatic heterocycles. The van der Waals surface area contributed by atoms with E-state index in [1.165, 1.54) is 0 Å². The van der Waals surface area contributed by atoms with E-state index in [0.29, 0.717) is 19.4 Å². The molecule has 4 N–H and O–H groups in total. The summed E-state index contributed by atoms with van der Waals surface area (Å²) in [5, 5.41) is 12.5. The van der Waals surface area contributed by atoms with E-state index in [1.807, 2.05) is 0 Å². The molecule has 0 spiro atoms. The van der Waals surface area contributed by atoms with E-state index in [0.717, 1.165) is 25.7 Å². The monoisotopic (exact) mass is 228 g/mol. The lowest BCUT2D eigenvalue weighted by molar-refractivity contribution is -0.123. The molecule has 1 saturated carbocycles. The molecule has 0 radical (unpaired) electrons. The van der Waals surface area contributed by atoms with Gasteiger partial charge in [-0.3, -0.25) is 4.79 Å². The first kappa shape index (κ1) is 13.5. The Labute approximate surface area is 97.6 Å². The third-order valence-electron chi connectivity index (χ3n) is 3.40. The van der Waals surface area contributed by atoms with Crippen molar-refractivity contribution >= 4 is 5.91 Å². The second kappa shape index (κ2) is 6.86.